The molecule has 1 aromatic carbocycles. The standard InChI is InChI=1S/C12H15ClN2O3S/c1-8(7-19-2)6-14-12(16)10-5-9(13)3-4-11(10)15(17)18/h3-5,8H,6-7H2,1-2H3,(H,14,16). The number of carbonyl (C=O) groups is 1. The molecule has 0 saturated carbocycles. The van der Waals surface area contributed by atoms with Gasteiger partial charge in [0, 0.05) is 17.6 Å². The van der Waals surface area contributed by atoms with Crippen LogP contribution >= 0.6 is 23.4 Å². The van der Waals surface area contributed by atoms with Gasteiger partial charge in [-0.15, -0.1) is 0 Å². The summed E-state index contributed by atoms with van der Waals surface area (Å²) < 4.78 is 0. The van der Waals surface area contributed by atoms with Crippen LogP contribution in [-0.2, 0) is 0 Å². The van der Waals surface area contributed by atoms with Crippen LogP contribution in [0.5, 0.6) is 0 Å². The summed E-state index contributed by atoms with van der Waals surface area (Å²) >= 11 is 7.46. The molecule has 104 valence electrons. The summed E-state index contributed by atoms with van der Waals surface area (Å²) in [5.41, 5.74) is -0.242. The molecule has 1 aromatic rings. The molecule has 0 spiro atoms. The Morgan fingerprint density at radius 2 is 2.26 bits per heavy atom. The van der Waals surface area contributed by atoms with E-state index in [1.54, 1.807) is 11.8 Å². The molecule has 1 amide bonds. The zero-order chi connectivity index (χ0) is 14.4. The zero-order valence-corrected chi connectivity index (χ0v) is 12.3. The Labute approximate surface area is 120 Å². The van der Waals surface area contributed by atoms with E-state index in [4.69, 9.17) is 11.6 Å². The van der Waals surface area contributed by atoms with Crippen molar-refractivity contribution in [3.63, 3.8) is 0 Å². The molecule has 0 heterocycles. The highest BCUT2D eigenvalue weighted by atomic mass is 35.5. The number of nitro benzene ring substituents is 1. The van der Waals surface area contributed by atoms with Gasteiger partial charge in [0.2, 0.25) is 0 Å². The van der Waals surface area contributed by atoms with Gasteiger partial charge in [-0.05, 0) is 30.1 Å². The van der Waals surface area contributed by atoms with Crippen LogP contribution in [0.4, 0.5) is 5.69 Å². The molecule has 0 aromatic heterocycles. The number of halogens is 1. The number of rotatable bonds is 6. The molecule has 0 radical (unpaired) electrons. The lowest BCUT2D eigenvalue weighted by Gasteiger charge is -2.11. The summed E-state index contributed by atoms with van der Waals surface area (Å²) in [4.78, 5) is 22.2. The summed E-state index contributed by atoms with van der Waals surface area (Å²) in [6, 6.07) is 3.95. The Morgan fingerprint density at radius 1 is 1.58 bits per heavy atom. The fourth-order valence-corrected chi connectivity index (χ4v) is 2.41. The van der Waals surface area contributed by atoms with E-state index in [1.165, 1.54) is 18.2 Å². The van der Waals surface area contributed by atoms with E-state index in [0.717, 1.165) is 5.75 Å². The quantitative estimate of drug-likeness (QED) is 0.647. The van der Waals surface area contributed by atoms with Gasteiger partial charge in [-0.3, -0.25) is 14.9 Å². The van der Waals surface area contributed by atoms with Gasteiger partial charge in [-0.2, -0.15) is 11.8 Å². The molecular formula is C12H15ClN2O3S. The molecule has 19 heavy (non-hydrogen) atoms. The van der Waals surface area contributed by atoms with Crippen molar-refractivity contribution < 1.29 is 9.72 Å². The second kappa shape index (κ2) is 7.35. The van der Waals surface area contributed by atoms with Gasteiger partial charge in [0.25, 0.3) is 11.6 Å². The number of amides is 1. The number of nitro groups is 1. The molecule has 1 rings (SSSR count). The average Bonchev–Trinajstić information content (AvgIpc) is 2.35. The van der Waals surface area contributed by atoms with Crippen LogP contribution in [0, 0.1) is 16.0 Å². The van der Waals surface area contributed by atoms with Gasteiger partial charge in [0.1, 0.15) is 5.56 Å². The maximum Gasteiger partial charge on any atom is 0.282 e. The second-order valence-electron chi connectivity index (χ2n) is 4.19. The van der Waals surface area contributed by atoms with Gasteiger partial charge in [0.15, 0.2) is 0 Å². The van der Waals surface area contributed by atoms with Crippen molar-refractivity contribution >= 4 is 35.0 Å². The Morgan fingerprint density at radius 3 is 2.84 bits per heavy atom. The van der Waals surface area contributed by atoms with E-state index in [9.17, 15) is 14.9 Å². The monoisotopic (exact) mass is 302 g/mol. The molecule has 0 aliphatic carbocycles. The van der Waals surface area contributed by atoms with Crippen LogP contribution in [0.25, 0.3) is 0 Å². The molecule has 0 saturated heterocycles. The van der Waals surface area contributed by atoms with Crippen LogP contribution in [0.1, 0.15) is 17.3 Å². The van der Waals surface area contributed by atoms with Crippen molar-refractivity contribution in [3.8, 4) is 0 Å². The first kappa shape index (κ1) is 15.8. The first-order chi connectivity index (χ1) is 8.95. The SMILES string of the molecule is CSCC(C)CNC(=O)c1cc(Cl)ccc1[N+](=O)[O-]. The highest BCUT2D eigenvalue weighted by Crippen LogP contribution is 2.22. The first-order valence-corrected chi connectivity index (χ1v) is 7.44. The van der Waals surface area contributed by atoms with Crippen LogP contribution < -0.4 is 5.32 Å². The Hall–Kier alpha value is -1.27. The number of nitrogens with one attached hydrogen (secondary N) is 1. The third-order valence-corrected chi connectivity index (χ3v) is 3.60. The Kier molecular flexibility index (Phi) is 6.11. The molecule has 0 aliphatic heterocycles. The second-order valence-corrected chi connectivity index (χ2v) is 5.54. The van der Waals surface area contributed by atoms with E-state index in [2.05, 4.69) is 5.32 Å². The summed E-state index contributed by atoms with van der Waals surface area (Å²) in [5.74, 6) is 0.747. The van der Waals surface area contributed by atoms with Crippen LogP contribution in [0.3, 0.4) is 0 Å². The van der Waals surface area contributed by atoms with E-state index in [-0.39, 0.29) is 11.3 Å². The van der Waals surface area contributed by atoms with E-state index in [0.29, 0.717) is 17.5 Å². The maximum absolute atomic E-state index is 11.9. The highest BCUT2D eigenvalue weighted by molar-refractivity contribution is 7.98. The van der Waals surface area contributed by atoms with Gasteiger partial charge in [-0.25, -0.2) is 0 Å². The minimum atomic E-state index is -0.587. The summed E-state index contributed by atoms with van der Waals surface area (Å²) in [7, 11) is 0. The molecule has 1 atom stereocenters. The van der Waals surface area contributed by atoms with Crippen molar-refractivity contribution in [2.75, 3.05) is 18.6 Å². The lowest BCUT2D eigenvalue weighted by atomic mass is 10.1. The predicted octanol–water partition coefficient (Wildman–Crippen LogP) is 2.98. The maximum atomic E-state index is 11.9. The first-order valence-electron chi connectivity index (χ1n) is 5.66. The Bertz CT molecular complexity index is 482. The van der Waals surface area contributed by atoms with Gasteiger partial charge in [0.05, 0.1) is 4.92 Å². The summed E-state index contributed by atoms with van der Waals surface area (Å²) in [6.07, 6.45) is 1.99. The fraction of sp³-hybridized carbons (Fsp3) is 0.417. The average molecular weight is 303 g/mol. The predicted molar refractivity (Wildman–Crippen MR) is 78.0 cm³/mol. The van der Waals surface area contributed by atoms with Gasteiger partial charge in [-0.1, -0.05) is 18.5 Å². The zero-order valence-electron chi connectivity index (χ0n) is 10.7. The van der Waals surface area contributed by atoms with E-state index < -0.39 is 10.8 Å². The molecule has 0 fully saturated rings. The van der Waals surface area contributed by atoms with Crippen molar-refractivity contribution in [2.45, 2.75) is 6.92 Å². The highest BCUT2D eigenvalue weighted by Gasteiger charge is 2.20. The lowest BCUT2D eigenvalue weighted by Crippen LogP contribution is -2.29. The number of hydrogen-bond acceptors (Lipinski definition) is 4. The van der Waals surface area contributed by atoms with E-state index >= 15 is 0 Å². The Balaban J connectivity index is 2.81. The topological polar surface area (TPSA) is 72.2 Å². The van der Waals surface area contributed by atoms with Crippen LogP contribution in [0.15, 0.2) is 18.2 Å². The molecule has 0 bridgehead atoms. The van der Waals surface area contributed by atoms with Crippen LogP contribution in [-0.4, -0.2) is 29.4 Å². The fourth-order valence-electron chi connectivity index (χ4n) is 1.55. The molecule has 1 unspecified atom stereocenters. The van der Waals surface area contributed by atoms with Crippen LogP contribution in [0.2, 0.25) is 5.02 Å². The summed E-state index contributed by atoms with van der Waals surface area (Å²) in [6.45, 7) is 2.48. The molecule has 0 aliphatic rings. The normalized spacial score (nSPS) is 11.9. The smallest absolute Gasteiger partial charge is 0.282 e. The largest absolute Gasteiger partial charge is 0.352 e. The number of hydrogen-bond donors (Lipinski definition) is 1. The summed E-state index contributed by atoms with van der Waals surface area (Å²) in [5, 5.41) is 13.8. The van der Waals surface area contributed by atoms with E-state index in [1.807, 2.05) is 13.2 Å². The molecule has 5 nitrogen and oxygen atoms in total. The van der Waals surface area contributed by atoms with Crippen molar-refractivity contribution in [3.05, 3.63) is 38.9 Å². The molecule has 1 N–H and O–H groups in total. The van der Waals surface area contributed by atoms with Crippen molar-refractivity contribution in [1.29, 1.82) is 0 Å². The number of nitrogens with zero attached hydrogens (tertiary/aromatic N) is 1. The molecule has 7 heteroatoms. The van der Waals surface area contributed by atoms with Gasteiger partial charge >= 0.3 is 0 Å². The number of benzene rings is 1. The third kappa shape index (κ3) is 4.72. The molecular weight excluding hydrogens is 288 g/mol. The minimum absolute atomic E-state index is 0.00569. The minimum Gasteiger partial charge on any atom is -0.352 e. The number of carbonyl (C=O) groups excluding carboxylic acids is 1. The third-order valence-electron chi connectivity index (χ3n) is 2.46. The van der Waals surface area contributed by atoms with Crippen molar-refractivity contribution in [1.82, 2.24) is 5.32 Å². The number of thioether (sulfide) groups is 1. The van der Waals surface area contributed by atoms with Gasteiger partial charge < -0.3 is 5.32 Å². The van der Waals surface area contributed by atoms with Crippen molar-refractivity contribution in [2.24, 2.45) is 5.92 Å². The lowest BCUT2D eigenvalue weighted by molar-refractivity contribution is -0.385.